The highest BCUT2D eigenvalue weighted by atomic mass is 19.4. The Morgan fingerprint density at radius 2 is 1.89 bits per heavy atom. The molecule has 0 bridgehead atoms. The monoisotopic (exact) mass is 531 g/mol. The Bertz CT molecular complexity index is 1270. The van der Waals surface area contributed by atoms with Crippen LogP contribution in [0.1, 0.15) is 36.8 Å². The lowest BCUT2D eigenvalue weighted by molar-refractivity contribution is -0.141. The van der Waals surface area contributed by atoms with Gasteiger partial charge in [-0.3, -0.25) is 14.7 Å². The summed E-state index contributed by atoms with van der Waals surface area (Å²) in [5.41, 5.74) is -2.64. The molecule has 0 unspecified atom stereocenters. The van der Waals surface area contributed by atoms with Crippen molar-refractivity contribution in [3.05, 3.63) is 59.4 Å². The molecule has 3 aromatic rings. The van der Waals surface area contributed by atoms with Gasteiger partial charge in [-0.1, -0.05) is 5.16 Å². The van der Waals surface area contributed by atoms with Crippen LogP contribution in [0.5, 0.6) is 0 Å². The molecule has 1 amide bonds. The number of aromatic nitrogens is 3. The van der Waals surface area contributed by atoms with Gasteiger partial charge in [-0.25, -0.2) is 4.39 Å². The Hall–Kier alpha value is -3.55. The van der Waals surface area contributed by atoms with Crippen LogP contribution in [0.15, 0.2) is 41.1 Å². The van der Waals surface area contributed by atoms with Gasteiger partial charge in [0.25, 0.3) is 5.89 Å². The highest BCUT2D eigenvalue weighted by Gasteiger charge is 2.35. The summed E-state index contributed by atoms with van der Waals surface area (Å²) in [6.07, 6.45) is -7.73. The Balaban J connectivity index is 1.37. The summed E-state index contributed by atoms with van der Waals surface area (Å²) in [7, 11) is 0. The summed E-state index contributed by atoms with van der Waals surface area (Å²) in [6, 6.07) is 4.28. The van der Waals surface area contributed by atoms with Gasteiger partial charge < -0.3 is 9.84 Å². The van der Waals surface area contributed by atoms with Crippen LogP contribution in [0.2, 0.25) is 0 Å². The predicted molar refractivity (Wildman–Crippen MR) is 115 cm³/mol. The van der Waals surface area contributed by atoms with Crippen molar-refractivity contribution in [1.82, 2.24) is 20.0 Å². The van der Waals surface area contributed by atoms with Gasteiger partial charge in [0, 0.05) is 29.4 Å². The number of hydrogen-bond acceptors (Lipinski definition) is 6. The van der Waals surface area contributed by atoms with Crippen LogP contribution in [-0.4, -0.2) is 38.5 Å². The van der Waals surface area contributed by atoms with Crippen LogP contribution in [0, 0.1) is 11.7 Å². The average Bonchev–Trinajstić information content (AvgIpc) is 3.28. The number of pyridine rings is 1. The van der Waals surface area contributed by atoms with Crippen molar-refractivity contribution in [3.63, 3.8) is 0 Å². The van der Waals surface area contributed by atoms with Gasteiger partial charge in [0.15, 0.2) is 5.82 Å². The van der Waals surface area contributed by atoms with Crippen molar-refractivity contribution < 1.29 is 40.1 Å². The van der Waals surface area contributed by atoms with Crippen LogP contribution < -0.4 is 5.32 Å². The third-order valence-electron chi connectivity index (χ3n) is 6.03. The van der Waals surface area contributed by atoms with Crippen molar-refractivity contribution in [3.8, 4) is 11.5 Å². The van der Waals surface area contributed by atoms with Gasteiger partial charge in [-0.05, 0) is 56.6 Å². The predicted octanol–water partition coefficient (Wildman–Crippen LogP) is 5.55. The number of carbonyl (C=O) groups is 1. The molecule has 1 aliphatic heterocycles. The van der Waals surface area contributed by atoms with Crippen LogP contribution in [-0.2, 0) is 23.7 Å². The summed E-state index contributed by atoms with van der Waals surface area (Å²) in [6.45, 7) is 2.47. The topological polar surface area (TPSA) is 84.2 Å². The van der Waals surface area contributed by atoms with Crippen molar-refractivity contribution in [2.75, 3.05) is 11.9 Å². The smallest absolute Gasteiger partial charge is 0.334 e. The number of piperidine rings is 1. The van der Waals surface area contributed by atoms with Crippen molar-refractivity contribution in [2.45, 2.75) is 44.7 Å². The molecule has 0 saturated carbocycles. The number of halogens is 7. The molecule has 198 valence electrons. The number of amides is 1. The minimum absolute atomic E-state index is 0.00351. The summed E-state index contributed by atoms with van der Waals surface area (Å²) in [5.74, 6) is -2.28. The van der Waals surface area contributed by atoms with E-state index in [9.17, 15) is 35.5 Å². The molecule has 0 radical (unpaired) electrons. The number of nitrogens with one attached hydrogen (secondary N) is 1. The fraction of sp³-hybridized carbons (Fsp3) is 0.391. The summed E-state index contributed by atoms with van der Waals surface area (Å²) in [4.78, 5) is 22.0. The molecule has 1 aromatic carbocycles. The summed E-state index contributed by atoms with van der Waals surface area (Å²) >= 11 is 0. The van der Waals surface area contributed by atoms with Crippen molar-refractivity contribution >= 4 is 11.6 Å². The third-order valence-corrected chi connectivity index (χ3v) is 6.03. The zero-order valence-electron chi connectivity index (χ0n) is 19.2. The summed E-state index contributed by atoms with van der Waals surface area (Å²) < 4.78 is 96.1. The Morgan fingerprint density at radius 1 is 1.14 bits per heavy atom. The second-order valence-electron chi connectivity index (χ2n) is 8.67. The SMILES string of the molecule is C[C@H]1C[C@@H](C(=O)Nc2ccnc(C(F)(F)F)c2)CCN1Cc1noc(-c2ccc(F)c(C(F)(F)F)c2)n1. The molecule has 1 N–H and O–H groups in total. The first-order valence-corrected chi connectivity index (χ1v) is 11.1. The van der Waals surface area contributed by atoms with Gasteiger partial charge in [0.05, 0.1) is 12.1 Å². The van der Waals surface area contributed by atoms with Crippen molar-refractivity contribution in [1.29, 1.82) is 0 Å². The number of carbonyl (C=O) groups excluding carboxylic acids is 1. The molecule has 0 aliphatic carbocycles. The Kier molecular flexibility index (Phi) is 7.22. The zero-order valence-corrected chi connectivity index (χ0v) is 19.2. The minimum Gasteiger partial charge on any atom is -0.334 e. The Labute approximate surface area is 205 Å². The number of nitrogens with zero attached hydrogens (tertiary/aromatic N) is 4. The first-order chi connectivity index (χ1) is 17.3. The maximum Gasteiger partial charge on any atom is 0.433 e. The van der Waals surface area contributed by atoms with Crippen molar-refractivity contribution in [2.24, 2.45) is 5.92 Å². The van der Waals surface area contributed by atoms with Crippen LogP contribution in [0.4, 0.5) is 36.4 Å². The number of alkyl halides is 6. The normalized spacial score (nSPS) is 19.1. The highest BCUT2D eigenvalue weighted by molar-refractivity contribution is 5.92. The van der Waals surface area contributed by atoms with E-state index in [1.807, 2.05) is 11.8 Å². The van der Waals surface area contributed by atoms with Gasteiger partial charge in [-0.2, -0.15) is 31.3 Å². The second-order valence-corrected chi connectivity index (χ2v) is 8.67. The van der Waals surface area contributed by atoms with Gasteiger partial charge >= 0.3 is 12.4 Å². The first kappa shape index (κ1) is 26.5. The quantitative estimate of drug-likeness (QED) is 0.435. The minimum atomic E-state index is -4.88. The number of rotatable bonds is 5. The number of anilines is 1. The van der Waals surface area contributed by atoms with E-state index in [0.717, 1.165) is 18.3 Å². The van der Waals surface area contributed by atoms with E-state index in [-0.39, 0.29) is 35.6 Å². The highest BCUT2D eigenvalue weighted by Crippen LogP contribution is 2.34. The van der Waals surface area contributed by atoms with Gasteiger partial charge in [0.1, 0.15) is 11.5 Å². The molecule has 1 saturated heterocycles. The van der Waals surface area contributed by atoms with Gasteiger partial charge in [0.2, 0.25) is 5.91 Å². The zero-order chi connectivity index (χ0) is 27.0. The maximum absolute atomic E-state index is 13.5. The fourth-order valence-electron chi connectivity index (χ4n) is 4.09. The van der Waals surface area contributed by atoms with E-state index in [4.69, 9.17) is 4.52 Å². The Morgan fingerprint density at radius 3 is 2.57 bits per heavy atom. The molecule has 0 spiro atoms. The number of likely N-dealkylation sites (tertiary alicyclic amines) is 1. The first-order valence-electron chi connectivity index (χ1n) is 11.1. The van der Waals surface area contributed by atoms with E-state index in [2.05, 4.69) is 20.4 Å². The number of benzene rings is 1. The molecule has 3 heterocycles. The van der Waals surface area contributed by atoms with E-state index in [1.54, 1.807) is 0 Å². The molecular weight excluding hydrogens is 511 g/mol. The molecule has 1 aliphatic rings. The third kappa shape index (κ3) is 6.24. The van der Waals surface area contributed by atoms with E-state index < -0.39 is 41.3 Å². The largest absolute Gasteiger partial charge is 0.433 e. The number of hydrogen-bond donors (Lipinski definition) is 1. The summed E-state index contributed by atoms with van der Waals surface area (Å²) in [5, 5.41) is 6.30. The van der Waals surface area contributed by atoms with Crippen LogP contribution >= 0.6 is 0 Å². The lowest BCUT2D eigenvalue weighted by Gasteiger charge is -2.36. The molecule has 14 heteroatoms. The van der Waals surface area contributed by atoms with Crippen LogP contribution in [0.3, 0.4) is 0 Å². The second kappa shape index (κ2) is 10.1. The molecule has 2 atom stereocenters. The van der Waals surface area contributed by atoms with E-state index in [0.29, 0.717) is 31.5 Å². The lowest BCUT2D eigenvalue weighted by atomic mass is 9.90. The van der Waals surface area contributed by atoms with E-state index in [1.165, 1.54) is 6.07 Å². The van der Waals surface area contributed by atoms with Crippen LogP contribution in [0.25, 0.3) is 11.5 Å². The standard InChI is InChI=1S/C23H20F7N5O2/c1-12-8-13(20(36)32-15-4-6-31-18(10-15)23(28,29)30)5-7-35(12)11-19-33-21(37-34-19)14-2-3-17(24)16(9-14)22(25,26)27/h2-4,6,9-10,12-13H,5,7-8,11H2,1H3,(H,31,32,36)/t12-,13-/m0/s1. The fourth-order valence-corrected chi connectivity index (χ4v) is 4.09. The average molecular weight is 531 g/mol. The molecule has 7 nitrogen and oxygen atoms in total. The molecule has 2 aromatic heterocycles. The van der Waals surface area contributed by atoms with Gasteiger partial charge in [-0.15, -0.1) is 0 Å². The molecular formula is C23H20F7N5O2. The lowest BCUT2D eigenvalue weighted by Crippen LogP contribution is -2.43. The van der Waals surface area contributed by atoms with E-state index >= 15 is 0 Å². The molecule has 1 fully saturated rings. The molecule has 37 heavy (non-hydrogen) atoms. The molecule has 4 rings (SSSR count). The maximum atomic E-state index is 13.5.